The smallest absolute Gasteiger partial charge is 0.268 e. The summed E-state index contributed by atoms with van der Waals surface area (Å²) >= 11 is 5.16. The summed E-state index contributed by atoms with van der Waals surface area (Å²) in [5, 5.41) is 2.98. The van der Waals surface area contributed by atoms with Gasteiger partial charge in [0.05, 0.1) is 33.4 Å². The average Bonchev–Trinajstić information content (AvgIpc) is 3.24. The molecule has 0 aliphatic carbocycles. The number of carbonyl (C=O) groups is 1. The van der Waals surface area contributed by atoms with Gasteiger partial charge in [-0.15, -0.1) is 11.3 Å². The summed E-state index contributed by atoms with van der Waals surface area (Å²) in [6.07, 6.45) is 1.72. The zero-order valence-electron chi connectivity index (χ0n) is 15.2. The lowest BCUT2D eigenvalue weighted by Crippen LogP contribution is -2.26. The van der Waals surface area contributed by atoms with Gasteiger partial charge in [0.2, 0.25) is 0 Å². The van der Waals surface area contributed by atoms with E-state index >= 15 is 0 Å². The molecule has 1 aromatic carbocycles. The number of carbonyl (C=O) groups excluding carboxylic acids is 1. The SMILES string of the molecule is COc1ccc(Cn2c(C(=O)NCc3ccccn3)cc3sc(Br)cc32)cc1. The van der Waals surface area contributed by atoms with Crippen LogP contribution in [-0.4, -0.2) is 22.6 Å². The predicted molar refractivity (Wildman–Crippen MR) is 115 cm³/mol. The number of hydrogen-bond donors (Lipinski definition) is 1. The van der Waals surface area contributed by atoms with Crippen molar-refractivity contribution in [1.82, 2.24) is 14.9 Å². The molecule has 0 aliphatic heterocycles. The Morgan fingerprint density at radius 1 is 1.21 bits per heavy atom. The van der Waals surface area contributed by atoms with Crippen molar-refractivity contribution in [3.8, 4) is 5.75 Å². The quantitative estimate of drug-likeness (QED) is 0.452. The molecule has 0 spiro atoms. The van der Waals surface area contributed by atoms with Gasteiger partial charge in [0.1, 0.15) is 11.4 Å². The van der Waals surface area contributed by atoms with E-state index in [9.17, 15) is 4.79 Å². The number of thiophene rings is 1. The Morgan fingerprint density at radius 2 is 2.04 bits per heavy atom. The summed E-state index contributed by atoms with van der Waals surface area (Å²) in [5.41, 5.74) is 3.60. The molecule has 1 N–H and O–H groups in total. The first-order chi connectivity index (χ1) is 13.6. The molecule has 0 saturated carbocycles. The first kappa shape index (κ1) is 18.7. The largest absolute Gasteiger partial charge is 0.497 e. The van der Waals surface area contributed by atoms with Gasteiger partial charge in [0.25, 0.3) is 5.91 Å². The fourth-order valence-electron chi connectivity index (χ4n) is 3.05. The zero-order chi connectivity index (χ0) is 19.5. The molecule has 0 radical (unpaired) electrons. The van der Waals surface area contributed by atoms with Crippen LogP contribution in [-0.2, 0) is 13.1 Å². The van der Waals surface area contributed by atoms with Gasteiger partial charge in [-0.2, -0.15) is 0 Å². The number of amides is 1. The predicted octanol–water partition coefficient (Wildman–Crippen LogP) is 4.85. The summed E-state index contributed by atoms with van der Waals surface area (Å²) < 4.78 is 9.40. The lowest BCUT2D eigenvalue weighted by Gasteiger charge is -2.11. The highest BCUT2D eigenvalue weighted by Gasteiger charge is 2.18. The minimum atomic E-state index is -0.112. The first-order valence-electron chi connectivity index (χ1n) is 8.73. The number of pyridine rings is 1. The van der Waals surface area contributed by atoms with Gasteiger partial charge in [-0.25, -0.2) is 0 Å². The van der Waals surface area contributed by atoms with E-state index in [0.717, 1.165) is 31.0 Å². The van der Waals surface area contributed by atoms with E-state index in [-0.39, 0.29) is 5.91 Å². The number of aromatic nitrogens is 2. The second-order valence-electron chi connectivity index (χ2n) is 6.27. The molecule has 0 atom stereocenters. The molecule has 0 aliphatic rings. The molecule has 1 amide bonds. The molecule has 0 saturated heterocycles. The van der Waals surface area contributed by atoms with Gasteiger partial charge in [-0.3, -0.25) is 9.78 Å². The van der Waals surface area contributed by atoms with Crippen LogP contribution >= 0.6 is 27.3 Å². The lowest BCUT2D eigenvalue weighted by atomic mass is 10.2. The van der Waals surface area contributed by atoms with Crippen molar-refractivity contribution in [2.75, 3.05) is 7.11 Å². The van der Waals surface area contributed by atoms with Crippen molar-refractivity contribution < 1.29 is 9.53 Å². The van der Waals surface area contributed by atoms with E-state index in [4.69, 9.17) is 4.74 Å². The second kappa shape index (κ2) is 8.16. The minimum Gasteiger partial charge on any atom is -0.497 e. The molecule has 0 unspecified atom stereocenters. The van der Waals surface area contributed by atoms with Crippen molar-refractivity contribution >= 4 is 43.4 Å². The van der Waals surface area contributed by atoms with Crippen LogP contribution in [0.15, 0.2) is 64.6 Å². The molecule has 0 bridgehead atoms. The number of nitrogens with one attached hydrogen (secondary N) is 1. The molecule has 142 valence electrons. The number of methoxy groups -OCH3 is 1. The highest BCUT2D eigenvalue weighted by atomic mass is 79.9. The number of halogens is 1. The maximum Gasteiger partial charge on any atom is 0.268 e. The van der Waals surface area contributed by atoms with Crippen molar-refractivity contribution in [2.45, 2.75) is 13.1 Å². The monoisotopic (exact) mass is 455 g/mol. The Bertz CT molecular complexity index is 1100. The molecular weight excluding hydrogens is 438 g/mol. The van der Waals surface area contributed by atoms with Crippen LogP contribution in [0.5, 0.6) is 5.75 Å². The third-order valence-electron chi connectivity index (χ3n) is 4.45. The summed E-state index contributed by atoms with van der Waals surface area (Å²) in [4.78, 5) is 17.2. The molecule has 3 aromatic heterocycles. The molecule has 4 rings (SSSR count). The number of hydrogen-bond acceptors (Lipinski definition) is 4. The van der Waals surface area contributed by atoms with Gasteiger partial charge < -0.3 is 14.6 Å². The molecule has 0 fully saturated rings. The third-order valence-corrected chi connectivity index (χ3v) is 6.02. The standard InChI is InChI=1S/C21H18BrN3O2S/c1-27-16-7-5-14(6-8-16)13-25-17-11-20(22)28-19(17)10-18(25)21(26)24-12-15-4-2-3-9-23-15/h2-11H,12-13H2,1H3,(H,24,26). The van der Waals surface area contributed by atoms with Gasteiger partial charge >= 0.3 is 0 Å². The topological polar surface area (TPSA) is 56.1 Å². The maximum atomic E-state index is 12.9. The van der Waals surface area contributed by atoms with E-state index in [2.05, 4.69) is 32.3 Å². The van der Waals surface area contributed by atoms with Crippen LogP contribution in [0.1, 0.15) is 21.7 Å². The highest BCUT2D eigenvalue weighted by Crippen LogP contribution is 2.33. The molecule has 28 heavy (non-hydrogen) atoms. The van der Waals surface area contributed by atoms with Crippen molar-refractivity contribution in [3.63, 3.8) is 0 Å². The minimum absolute atomic E-state index is 0.112. The summed E-state index contributed by atoms with van der Waals surface area (Å²) in [5.74, 6) is 0.701. The van der Waals surface area contributed by atoms with Crippen LogP contribution in [0.4, 0.5) is 0 Å². The highest BCUT2D eigenvalue weighted by molar-refractivity contribution is 9.11. The Labute approximate surface area is 175 Å². The Balaban J connectivity index is 1.62. The van der Waals surface area contributed by atoms with E-state index in [1.54, 1.807) is 24.6 Å². The van der Waals surface area contributed by atoms with E-state index in [0.29, 0.717) is 18.8 Å². The van der Waals surface area contributed by atoms with Crippen LogP contribution in [0.2, 0.25) is 0 Å². The fourth-order valence-corrected chi connectivity index (χ4v) is 4.61. The van der Waals surface area contributed by atoms with E-state index < -0.39 is 0 Å². The molecule has 7 heteroatoms. The number of rotatable bonds is 6. The molecule has 3 heterocycles. The molecule has 4 aromatic rings. The summed E-state index contributed by atoms with van der Waals surface area (Å²) in [7, 11) is 1.65. The van der Waals surface area contributed by atoms with Crippen LogP contribution in [0, 0.1) is 0 Å². The Hall–Kier alpha value is -2.64. The summed E-state index contributed by atoms with van der Waals surface area (Å²) in [6.45, 7) is 0.994. The average molecular weight is 456 g/mol. The molecule has 5 nitrogen and oxygen atoms in total. The number of nitrogens with zero attached hydrogens (tertiary/aromatic N) is 2. The van der Waals surface area contributed by atoms with Crippen LogP contribution < -0.4 is 10.1 Å². The van der Waals surface area contributed by atoms with E-state index in [1.165, 1.54) is 0 Å². The third kappa shape index (κ3) is 3.95. The normalized spacial score (nSPS) is 10.9. The van der Waals surface area contributed by atoms with E-state index in [1.807, 2.05) is 53.1 Å². The summed E-state index contributed by atoms with van der Waals surface area (Å²) in [6, 6.07) is 17.6. The Kier molecular flexibility index (Phi) is 5.45. The van der Waals surface area contributed by atoms with Gasteiger partial charge in [-0.1, -0.05) is 18.2 Å². The van der Waals surface area contributed by atoms with Gasteiger partial charge in [0.15, 0.2) is 0 Å². The van der Waals surface area contributed by atoms with Crippen LogP contribution in [0.25, 0.3) is 10.2 Å². The molecular formula is C21H18BrN3O2S. The fraction of sp³-hybridized carbons (Fsp3) is 0.143. The second-order valence-corrected chi connectivity index (χ2v) is 8.73. The maximum absolute atomic E-state index is 12.9. The van der Waals surface area contributed by atoms with Gasteiger partial charge in [0, 0.05) is 12.7 Å². The number of benzene rings is 1. The number of fused-ring (bicyclic) bond motifs is 1. The van der Waals surface area contributed by atoms with Crippen molar-refractivity contribution in [3.05, 3.63) is 81.5 Å². The van der Waals surface area contributed by atoms with Crippen molar-refractivity contribution in [2.24, 2.45) is 0 Å². The lowest BCUT2D eigenvalue weighted by molar-refractivity contribution is 0.0942. The van der Waals surface area contributed by atoms with Crippen molar-refractivity contribution in [1.29, 1.82) is 0 Å². The Morgan fingerprint density at radius 3 is 2.75 bits per heavy atom. The first-order valence-corrected chi connectivity index (χ1v) is 10.3. The van der Waals surface area contributed by atoms with Crippen LogP contribution in [0.3, 0.4) is 0 Å². The van der Waals surface area contributed by atoms with Gasteiger partial charge in [-0.05, 0) is 57.9 Å². The zero-order valence-corrected chi connectivity index (χ0v) is 17.6. The number of ether oxygens (including phenoxy) is 1.